The number of benzene rings is 4. The molecular formula is C31H21F2N3O2. The zero-order valence-corrected chi connectivity index (χ0v) is 20.0. The molecule has 0 fully saturated rings. The highest BCUT2D eigenvalue weighted by Gasteiger charge is 2.12. The van der Waals surface area contributed by atoms with Crippen molar-refractivity contribution in [3.8, 4) is 16.9 Å². The molecular weight excluding hydrogens is 484 g/mol. The van der Waals surface area contributed by atoms with Crippen LogP contribution in [0.1, 0.15) is 26.3 Å². The van der Waals surface area contributed by atoms with Crippen LogP contribution in [-0.4, -0.2) is 21.5 Å². The van der Waals surface area contributed by atoms with Gasteiger partial charge in [-0.15, -0.1) is 0 Å². The Morgan fingerprint density at radius 2 is 1.45 bits per heavy atom. The van der Waals surface area contributed by atoms with Gasteiger partial charge in [-0.3, -0.25) is 9.59 Å². The highest BCUT2D eigenvalue weighted by molar-refractivity contribution is 6.09. The molecule has 0 radical (unpaired) electrons. The summed E-state index contributed by atoms with van der Waals surface area (Å²) in [6, 6.07) is 27.3. The number of para-hydroxylation sites is 1. The number of carbonyl (C=O) groups excluding carboxylic acids is 2. The van der Waals surface area contributed by atoms with Crippen molar-refractivity contribution < 1.29 is 18.4 Å². The number of carbonyl (C=O) groups is 2. The normalized spacial score (nSPS) is 11.0. The van der Waals surface area contributed by atoms with E-state index >= 15 is 0 Å². The lowest BCUT2D eigenvalue weighted by molar-refractivity contribution is 0.102. The van der Waals surface area contributed by atoms with Crippen molar-refractivity contribution in [1.29, 1.82) is 0 Å². The minimum absolute atomic E-state index is 0.277. The first kappa shape index (κ1) is 24.5. The van der Waals surface area contributed by atoms with E-state index in [1.807, 2.05) is 30.3 Å². The molecule has 0 atom stereocenters. The number of amides is 1. The molecule has 4 aromatic carbocycles. The molecule has 0 saturated carbocycles. The molecule has 1 heterocycles. The molecule has 1 N–H and O–H groups in total. The van der Waals surface area contributed by atoms with Crippen molar-refractivity contribution in [3.63, 3.8) is 0 Å². The Morgan fingerprint density at radius 3 is 2.16 bits per heavy atom. The molecule has 1 amide bonds. The Morgan fingerprint density at radius 1 is 0.763 bits per heavy atom. The third-order valence-electron chi connectivity index (χ3n) is 5.81. The van der Waals surface area contributed by atoms with Gasteiger partial charge in [-0.25, -0.2) is 13.5 Å². The van der Waals surface area contributed by atoms with Gasteiger partial charge < -0.3 is 5.32 Å². The third kappa shape index (κ3) is 5.63. The molecule has 0 unspecified atom stereocenters. The van der Waals surface area contributed by atoms with Gasteiger partial charge in [-0.1, -0.05) is 30.3 Å². The lowest BCUT2D eigenvalue weighted by Gasteiger charge is -2.06. The molecule has 0 aliphatic carbocycles. The molecule has 5 rings (SSSR count). The van der Waals surface area contributed by atoms with Crippen LogP contribution >= 0.6 is 0 Å². The van der Waals surface area contributed by atoms with Crippen molar-refractivity contribution in [3.05, 3.63) is 144 Å². The van der Waals surface area contributed by atoms with Gasteiger partial charge >= 0.3 is 0 Å². The van der Waals surface area contributed by atoms with Crippen molar-refractivity contribution in [2.24, 2.45) is 0 Å². The van der Waals surface area contributed by atoms with Gasteiger partial charge in [0.1, 0.15) is 11.6 Å². The number of hydrogen-bond donors (Lipinski definition) is 1. The monoisotopic (exact) mass is 505 g/mol. The van der Waals surface area contributed by atoms with E-state index in [9.17, 15) is 18.4 Å². The van der Waals surface area contributed by atoms with Crippen LogP contribution in [0.5, 0.6) is 0 Å². The van der Waals surface area contributed by atoms with Gasteiger partial charge in [0.2, 0.25) is 0 Å². The van der Waals surface area contributed by atoms with E-state index in [4.69, 9.17) is 0 Å². The number of halogens is 2. The van der Waals surface area contributed by atoms with E-state index in [2.05, 4.69) is 10.4 Å². The molecule has 38 heavy (non-hydrogen) atoms. The third-order valence-corrected chi connectivity index (χ3v) is 5.81. The summed E-state index contributed by atoms with van der Waals surface area (Å²) < 4.78 is 28.4. The summed E-state index contributed by atoms with van der Waals surface area (Å²) in [6.07, 6.45) is 4.90. The predicted molar refractivity (Wildman–Crippen MR) is 143 cm³/mol. The molecule has 0 bridgehead atoms. The Labute approximate surface area is 217 Å². The summed E-state index contributed by atoms with van der Waals surface area (Å²) in [5, 5.41) is 7.39. The van der Waals surface area contributed by atoms with Gasteiger partial charge in [-0.05, 0) is 84.9 Å². The van der Waals surface area contributed by atoms with E-state index in [1.54, 1.807) is 53.4 Å². The summed E-state index contributed by atoms with van der Waals surface area (Å²) in [4.78, 5) is 25.5. The summed E-state index contributed by atoms with van der Waals surface area (Å²) in [7, 11) is 0. The van der Waals surface area contributed by atoms with Crippen LogP contribution in [0, 0.1) is 11.6 Å². The number of aromatic nitrogens is 2. The number of nitrogens with one attached hydrogen (secondary N) is 1. The van der Waals surface area contributed by atoms with Gasteiger partial charge in [0.25, 0.3) is 5.91 Å². The zero-order valence-electron chi connectivity index (χ0n) is 20.0. The molecule has 0 aliphatic heterocycles. The van der Waals surface area contributed by atoms with E-state index in [0.29, 0.717) is 33.6 Å². The highest BCUT2D eigenvalue weighted by atomic mass is 19.1. The first-order valence-corrected chi connectivity index (χ1v) is 11.8. The van der Waals surface area contributed by atoms with E-state index < -0.39 is 11.7 Å². The fraction of sp³-hybridized carbons (Fsp3) is 0. The molecule has 1 aromatic heterocycles. The lowest BCUT2D eigenvalue weighted by atomic mass is 10.1. The average Bonchev–Trinajstić information content (AvgIpc) is 3.37. The molecule has 0 aliphatic rings. The first-order chi connectivity index (χ1) is 18.5. The van der Waals surface area contributed by atoms with Gasteiger partial charge in [0.05, 0.1) is 11.4 Å². The molecule has 5 nitrogen and oxygen atoms in total. The van der Waals surface area contributed by atoms with Crippen LogP contribution in [0.4, 0.5) is 14.5 Å². The first-order valence-electron chi connectivity index (χ1n) is 11.8. The molecule has 0 spiro atoms. The topological polar surface area (TPSA) is 64.0 Å². The van der Waals surface area contributed by atoms with Gasteiger partial charge in [0, 0.05) is 34.1 Å². The van der Waals surface area contributed by atoms with Crippen LogP contribution in [-0.2, 0) is 0 Å². The number of ketones is 1. The van der Waals surface area contributed by atoms with Gasteiger partial charge in [0.15, 0.2) is 5.78 Å². The van der Waals surface area contributed by atoms with Crippen LogP contribution in [0.15, 0.2) is 115 Å². The number of hydrogen-bond acceptors (Lipinski definition) is 3. The Bertz CT molecular complexity index is 1620. The highest BCUT2D eigenvalue weighted by Crippen LogP contribution is 2.25. The fourth-order valence-electron chi connectivity index (χ4n) is 3.87. The SMILES string of the molecule is O=C(/C=C/c1cn(-c2ccccc2)nc1-c1ccc(F)cc1)c1cccc(NC(=O)c2ccc(F)cc2)c1. The lowest BCUT2D eigenvalue weighted by Crippen LogP contribution is -2.12. The quantitative estimate of drug-likeness (QED) is 0.192. The molecule has 186 valence electrons. The maximum absolute atomic E-state index is 13.5. The van der Waals surface area contributed by atoms with Crippen LogP contribution in [0.3, 0.4) is 0 Å². The molecule has 7 heteroatoms. The minimum atomic E-state index is -0.433. The summed E-state index contributed by atoms with van der Waals surface area (Å²) in [5.41, 5.74) is 3.92. The summed E-state index contributed by atoms with van der Waals surface area (Å²) >= 11 is 0. The largest absolute Gasteiger partial charge is 0.322 e. The Kier molecular flexibility index (Phi) is 6.99. The van der Waals surface area contributed by atoms with Crippen LogP contribution < -0.4 is 5.32 Å². The number of allylic oxidation sites excluding steroid dienone is 1. The van der Waals surface area contributed by atoms with E-state index in [0.717, 1.165) is 5.69 Å². The van der Waals surface area contributed by atoms with Crippen LogP contribution in [0.25, 0.3) is 23.0 Å². The zero-order chi connectivity index (χ0) is 26.5. The van der Waals surface area contributed by atoms with Crippen molar-refractivity contribution >= 4 is 23.5 Å². The molecule has 0 saturated heterocycles. The minimum Gasteiger partial charge on any atom is -0.322 e. The second kappa shape index (κ2) is 10.8. The van der Waals surface area contributed by atoms with Crippen molar-refractivity contribution in [2.45, 2.75) is 0 Å². The van der Waals surface area contributed by atoms with Crippen molar-refractivity contribution in [1.82, 2.24) is 9.78 Å². The second-order valence-electron chi connectivity index (χ2n) is 8.46. The number of rotatable bonds is 7. The van der Waals surface area contributed by atoms with Crippen LogP contribution in [0.2, 0.25) is 0 Å². The number of nitrogens with zero attached hydrogens (tertiary/aromatic N) is 2. The smallest absolute Gasteiger partial charge is 0.255 e. The van der Waals surface area contributed by atoms with E-state index in [1.165, 1.54) is 42.5 Å². The standard InChI is InChI=1S/C31H21F2N3O2/c32-25-14-9-21(10-15-25)30-24(20-36(35-30)28-7-2-1-3-8-28)13-18-29(37)23-5-4-6-27(19-23)34-31(38)22-11-16-26(33)17-12-22/h1-20H,(H,34,38)/b18-13+. The maximum atomic E-state index is 13.5. The fourth-order valence-corrected chi connectivity index (χ4v) is 3.87. The predicted octanol–water partition coefficient (Wildman–Crippen LogP) is 6.97. The number of anilines is 1. The van der Waals surface area contributed by atoms with Gasteiger partial charge in [-0.2, -0.15) is 5.10 Å². The maximum Gasteiger partial charge on any atom is 0.255 e. The Hall–Kier alpha value is -5.17. The average molecular weight is 506 g/mol. The molecule has 5 aromatic rings. The summed E-state index contributed by atoms with van der Waals surface area (Å²) in [5.74, 6) is -1.48. The second-order valence-corrected chi connectivity index (χ2v) is 8.46. The Balaban J connectivity index is 1.39. The van der Waals surface area contributed by atoms with E-state index in [-0.39, 0.29) is 11.6 Å². The van der Waals surface area contributed by atoms with Crippen molar-refractivity contribution in [2.75, 3.05) is 5.32 Å². The summed E-state index contributed by atoms with van der Waals surface area (Å²) in [6.45, 7) is 0.